The van der Waals surface area contributed by atoms with Gasteiger partial charge in [0.25, 0.3) is 0 Å². The second-order valence-electron chi connectivity index (χ2n) is 7.78. The normalized spacial score (nSPS) is 23.5. The van der Waals surface area contributed by atoms with Crippen molar-refractivity contribution in [2.75, 3.05) is 12.9 Å². The van der Waals surface area contributed by atoms with Crippen molar-refractivity contribution < 1.29 is 19.4 Å². The number of aliphatic imine (C=N–C) groups is 1. The van der Waals surface area contributed by atoms with Crippen LogP contribution in [0.2, 0.25) is 0 Å². The molecule has 1 saturated carbocycles. The standard InChI is InChI=1S/C24H21N3O4S/c1-31-22-17-9-14(7-8-19(17)25-11-18(22)23(29)30)12-32-13-21(28)27-24(32)26-20-10-16(20)15-5-3-2-4-6-15/h2-9,11-12,16,20H,10,13H2,1H3,(H,29,30)(H,26,27,28)/t16-,20+,32?/m0/s1. The van der Waals surface area contributed by atoms with Crippen LogP contribution in [-0.4, -0.2) is 51.4 Å². The summed E-state index contributed by atoms with van der Waals surface area (Å²) >= 11 is 0. The van der Waals surface area contributed by atoms with Gasteiger partial charge in [-0.3, -0.25) is 14.8 Å². The maximum absolute atomic E-state index is 12.1. The summed E-state index contributed by atoms with van der Waals surface area (Å²) in [6.07, 6.45) is 2.29. The lowest BCUT2D eigenvalue weighted by atomic mass is 10.1. The van der Waals surface area contributed by atoms with Gasteiger partial charge in [0.15, 0.2) is 5.17 Å². The van der Waals surface area contributed by atoms with Crippen molar-refractivity contribution in [1.82, 2.24) is 10.3 Å². The first-order chi connectivity index (χ1) is 15.5. The Kier molecular flexibility index (Phi) is 5.22. The Morgan fingerprint density at radius 2 is 2.09 bits per heavy atom. The van der Waals surface area contributed by atoms with Crippen LogP contribution in [-0.2, 0) is 4.79 Å². The lowest BCUT2D eigenvalue weighted by Gasteiger charge is -2.09. The summed E-state index contributed by atoms with van der Waals surface area (Å²) in [5, 5.41) is 15.7. The molecule has 2 heterocycles. The summed E-state index contributed by atoms with van der Waals surface area (Å²) in [7, 11) is 0.970. The van der Waals surface area contributed by atoms with E-state index in [0.29, 0.717) is 22.6 Å². The van der Waals surface area contributed by atoms with Crippen LogP contribution < -0.4 is 10.1 Å². The number of ether oxygens (including phenoxy) is 1. The van der Waals surface area contributed by atoms with E-state index in [4.69, 9.17) is 9.73 Å². The highest BCUT2D eigenvalue weighted by Gasteiger charge is 2.39. The van der Waals surface area contributed by atoms with E-state index in [-0.39, 0.29) is 23.3 Å². The van der Waals surface area contributed by atoms with Crippen molar-refractivity contribution in [3.05, 3.63) is 71.4 Å². The number of hydrogen-bond donors (Lipinski definition) is 2. The van der Waals surface area contributed by atoms with Crippen molar-refractivity contribution in [2.24, 2.45) is 4.99 Å². The number of carbonyl (C=O) groups is 2. The molecule has 5 rings (SSSR count). The second kappa shape index (κ2) is 8.20. The number of pyridine rings is 1. The van der Waals surface area contributed by atoms with Gasteiger partial charge in [0.2, 0.25) is 5.91 Å². The minimum Gasteiger partial charge on any atom is -0.495 e. The number of fused-ring (bicyclic) bond motifs is 1. The Morgan fingerprint density at radius 3 is 2.84 bits per heavy atom. The van der Waals surface area contributed by atoms with Crippen molar-refractivity contribution in [3.8, 4) is 5.75 Å². The van der Waals surface area contributed by atoms with Crippen LogP contribution in [0.4, 0.5) is 0 Å². The van der Waals surface area contributed by atoms with Gasteiger partial charge in [0.1, 0.15) is 11.3 Å². The van der Waals surface area contributed by atoms with Crippen LogP contribution in [0, 0.1) is 0 Å². The lowest BCUT2D eigenvalue weighted by molar-refractivity contribution is -0.116. The molecule has 1 aliphatic heterocycles. The van der Waals surface area contributed by atoms with Gasteiger partial charge >= 0.3 is 5.97 Å². The van der Waals surface area contributed by atoms with E-state index in [1.165, 1.54) is 18.9 Å². The minimum absolute atomic E-state index is 0.0141. The van der Waals surface area contributed by atoms with Crippen LogP contribution in [0.5, 0.6) is 5.75 Å². The maximum atomic E-state index is 12.1. The number of nitrogens with zero attached hydrogens (tertiary/aromatic N) is 2. The zero-order chi connectivity index (χ0) is 22.2. The van der Waals surface area contributed by atoms with E-state index in [1.54, 1.807) is 0 Å². The van der Waals surface area contributed by atoms with Crippen molar-refractivity contribution in [1.29, 1.82) is 0 Å². The summed E-state index contributed by atoms with van der Waals surface area (Å²) in [6, 6.07) is 16.1. The fraction of sp³-hybridized carbons (Fsp3) is 0.208. The van der Waals surface area contributed by atoms with Crippen molar-refractivity contribution in [3.63, 3.8) is 0 Å². The van der Waals surface area contributed by atoms with Crippen LogP contribution in [0.1, 0.15) is 33.8 Å². The molecule has 2 aromatic carbocycles. The molecule has 1 saturated heterocycles. The lowest BCUT2D eigenvalue weighted by Crippen LogP contribution is -2.20. The third-order valence-electron chi connectivity index (χ3n) is 5.60. The predicted molar refractivity (Wildman–Crippen MR) is 126 cm³/mol. The van der Waals surface area contributed by atoms with Crippen LogP contribution >= 0.6 is 10.5 Å². The van der Waals surface area contributed by atoms with Crippen molar-refractivity contribution in [2.45, 2.75) is 18.4 Å². The third-order valence-corrected chi connectivity index (χ3v) is 7.44. The highest BCUT2D eigenvalue weighted by atomic mass is 32.2. The number of carboxylic acid groups (broad SMARTS) is 1. The highest BCUT2D eigenvalue weighted by Crippen LogP contribution is 2.44. The summed E-state index contributed by atoms with van der Waals surface area (Å²) in [4.78, 5) is 32.7. The molecule has 7 nitrogen and oxygen atoms in total. The number of carboxylic acids is 1. The third kappa shape index (κ3) is 3.89. The van der Waals surface area contributed by atoms with Gasteiger partial charge in [-0.25, -0.2) is 4.79 Å². The Balaban J connectivity index is 1.48. The van der Waals surface area contributed by atoms with Gasteiger partial charge in [0, 0.05) is 17.5 Å². The molecule has 1 unspecified atom stereocenters. The predicted octanol–water partition coefficient (Wildman–Crippen LogP) is 3.40. The average molecular weight is 448 g/mol. The number of methoxy groups -OCH3 is 1. The van der Waals surface area contributed by atoms with Gasteiger partial charge in [-0.2, -0.15) is 0 Å². The molecule has 32 heavy (non-hydrogen) atoms. The summed E-state index contributed by atoms with van der Waals surface area (Å²) in [5.74, 6) is -0.0841. The number of benzene rings is 2. The van der Waals surface area contributed by atoms with E-state index in [2.05, 4.69) is 22.4 Å². The fourth-order valence-corrected chi connectivity index (χ4v) is 5.63. The SMILES string of the molecule is COc1c(C(=O)O)cnc2ccc(C=S3CC(=O)NC3=N[C@@H]3C[C@H]3c3ccccc3)cc12. The first kappa shape index (κ1) is 20.4. The monoisotopic (exact) mass is 447 g/mol. The quantitative estimate of drug-likeness (QED) is 0.584. The molecule has 3 aromatic rings. The molecule has 1 aromatic heterocycles. The number of amides is 1. The van der Waals surface area contributed by atoms with Crippen LogP contribution in [0.25, 0.3) is 10.9 Å². The Hall–Kier alpha value is -3.52. The van der Waals surface area contributed by atoms with Gasteiger partial charge < -0.3 is 15.2 Å². The summed E-state index contributed by atoms with van der Waals surface area (Å²) < 4.78 is 5.38. The second-order valence-corrected chi connectivity index (χ2v) is 9.55. The van der Waals surface area contributed by atoms with Gasteiger partial charge in [-0.1, -0.05) is 36.4 Å². The first-order valence-corrected chi connectivity index (χ1v) is 11.7. The largest absolute Gasteiger partial charge is 0.495 e. The fourth-order valence-electron chi connectivity index (χ4n) is 3.96. The number of hydrogen-bond acceptors (Lipinski definition) is 5. The molecule has 3 atom stereocenters. The molecule has 1 aliphatic carbocycles. The summed E-state index contributed by atoms with van der Waals surface area (Å²) in [5.41, 5.74) is 2.80. The number of nitrogens with one attached hydrogen (secondary N) is 1. The molecule has 2 fully saturated rings. The zero-order valence-corrected chi connectivity index (χ0v) is 18.1. The summed E-state index contributed by atoms with van der Waals surface area (Å²) in [6.45, 7) is 0. The molecular weight excluding hydrogens is 426 g/mol. The number of aromatic carboxylic acids is 1. The van der Waals surface area contributed by atoms with E-state index in [1.807, 2.05) is 41.8 Å². The van der Waals surface area contributed by atoms with E-state index in [0.717, 1.165) is 17.2 Å². The smallest absolute Gasteiger partial charge is 0.341 e. The van der Waals surface area contributed by atoms with Gasteiger partial charge in [-0.05, 0) is 35.0 Å². The van der Waals surface area contributed by atoms with Crippen LogP contribution in [0.15, 0.2) is 59.7 Å². The topological polar surface area (TPSA) is 101 Å². The highest BCUT2D eigenvalue weighted by molar-refractivity contribution is 8.29. The zero-order valence-electron chi connectivity index (χ0n) is 17.3. The molecule has 0 bridgehead atoms. The molecule has 8 heteroatoms. The van der Waals surface area contributed by atoms with Crippen molar-refractivity contribution >= 4 is 43.8 Å². The van der Waals surface area contributed by atoms with Crippen LogP contribution in [0.3, 0.4) is 0 Å². The van der Waals surface area contributed by atoms with E-state index >= 15 is 0 Å². The van der Waals surface area contributed by atoms with Gasteiger partial charge in [-0.15, -0.1) is 10.5 Å². The molecule has 2 aliphatic rings. The number of rotatable bonds is 5. The Labute approximate surface area is 187 Å². The maximum Gasteiger partial charge on any atom is 0.341 e. The molecule has 162 valence electrons. The average Bonchev–Trinajstić information content (AvgIpc) is 3.48. The Morgan fingerprint density at radius 1 is 1.28 bits per heavy atom. The number of aromatic nitrogens is 1. The van der Waals surface area contributed by atoms with E-state index < -0.39 is 16.5 Å². The first-order valence-electron chi connectivity index (χ1n) is 10.2. The Bertz CT molecular complexity index is 1300. The van der Waals surface area contributed by atoms with E-state index in [9.17, 15) is 14.7 Å². The molecule has 0 spiro atoms. The number of amidine groups is 1. The molecule has 1 amide bonds. The van der Waals surface area contributed by atoms with Gasteiger partial charge in [0.05, 0.1) is 24.4 Å². The minimum atomic E-state index is -1.09. The molecular formula is C24H21N3O4S. The molecule has 2 N–H and O–H groups in total. The molecule has 0 radical (unpaired) electrons. The number of carbonyl (C=O) groups excluding carboxylic acids is 1.